The number of nitrogens with zero attached hydrogens (tertiary/aromatic N) is 1. The van der Waals surface area contributed by atoms with Crippen LogP contribution in [0.3, 0.4) is 0 Å². The van der Waals surface area contributed by atoms with Crippen molar-refractivity contribution in [2.45, 2.75) is 39.2 Å². The SMILES string of the molecule is CC(C)c1ccccc1OCC(=O)N(C)C(C)(C)C(=O)O. The lowest BCUT2D eigenvalue weighted by Crippen LogP contribution is -2.52. The number of hydrogen-bond donors (Lipinski definition) is 1. The Hall–Kier alpha value is -2.04. The van der Waals surface area contributed by atoms with Crippen LogP contribution in [-0.2, 0) is 9.59 Å². The first kappa shape index (κ1) is 17.0. The first-order valence-electron chi connectivity index (χ1n) is 6.89. The molecule has 0 aliphatic heterocycles. The van der Waals surface area contributed by atoms with Crippen molar-refractivity contribution in [2.75, 3.05) is 13.7 Å². The van der Waals surface area contributed by atoms with Crippen molar-refractivity contribution in [3.05, 3.63) is 29.8 Å². The van der Waals surface area contributed by atoms with Crippen molar-refractivity contribution in [3.63, 3.8) is 0 Å². The van der Waals surface area contributed by atoms with Gasteiger partial charge in [0.2, 0.25) is 0 Å². The highest BCUT2D eigenvalue weighted by Gasteiger charge is 2.35. The topological polar surface area (TPSA) is 66.8 Å². The van der Waals surface area contributed by atoms with E-state index in [0.717, 1.165) is 5.56 Å². The fraction of sp³-hybridized carbons (Fsp3) is 0.500. The molecule has 21 heavy (non-hydrogen) atoms. The van der Waals surface area contributed by atoms with E-state index in [9.17, 15) is 9.59 Å². The molecule has 0 saturated carbocycles. The van der Waals surface area contributed by atoms with Crippen LogP contribution < -0.4 is 4.74 Å². The molecule has 0 spiro atoms. The highest BCUT2D eigenvalue weighted by Crippen LogP contribution is 2.26. The Morgan fingerprint density at radius 3 is 2.38 bits per heavy atom. The maximum absolute atomic E-state index is 12.1. The quantitative estimate of drug-likeness (QED) is 0.875. The average molecular weight is 293 g/mol. The summed E-state index contributed by atoms with van der Waals surface area (Å²) in [5.41, 5.74) is -0.247. The molecule has 5 nitrogen and oxygen atoms in total. The van der Waals surface area contributed by atoms with Gasteiger partial charge in [0.05, 0.1) is 0 Å². The van der Waals surface area contributed by atoms with E-state index in [4.69, 9.17) is 9.84 Å². The van der Waals surface area contributed by atoms with E-state index in [1.807, 2.05) is 38.1 Å². The number of hydrogen-bond acceptors (Lipinski definition) is 3. The van der Waals surface area contributed by atoms with Gasteiger partial charge >= 0.3 is 5.97 Å². The molecule has 0 heterocycles. The number of amides is 1. The minimum Gasteiger partial charge on any atom is -0.483 e. The van der Waals surface area contributed by atoms with Gasteiger partial charge in [-0.25, -0.2) is 4.79 Å². The van der Waals surface area contributed by atoms with E-state index >= 15 is 0 Å². The molecule has 0 aliphatic rings. The van der Waals surface area contributed by atoms with E-state index in [-0.39, 0.29) is 18.4 Å². The van der Waals surface area contributed by atoms with Crippen LogP contribution in [0.5, 0.6) is 5.75 Å². The summed E-state index contributed by atoms with van der Waals surface area (Å²) in [5, 5.41) is 9.13. The molecule has 0 bridgehead atoms. The zero-order valence-corrected chi connectivity index (χ0v) is 13.2. The summed E-state index contributed by atoms with van der Waals surface area (Å²) in [4.78, 5) is 24.4. The fourth-order valence-corrected chi connectivity index (χ4v) is 1.78. The molecule has 0 fully saturated rings. The van der Waals surface area contributed by atoms with Crippen molar-refractivity contribution in [3.8, 4) is 5.75 Å². The minimum atomic E-state index is -1.27. The Labute approximate surface area is 125 Å². The molecule has 0 saturated heterocycles. The summed E-state index contributed by atoms with van der Waals surface area (Å²) >= 11 is 0. The number of aliphatic carboxylic acids is 1. The van der Waals surface area contributed by atoms with Gasteiger partial charge in [-0.05, 0) is 31.4 Å². The molecule has 0 unspecified atom stereocenters. The van der Waals surface area contributed by atoms with Gasteiger partial charge in [-0.2, -0.15) is 0 Å². The number of carboxylic acid groups (broad SMARTS) is 1. The van der Waals surface area contributed by atoms with E-state index in [1.54, 1.807) is 0 Å². The molecular weight excluding hydrogens is 270 g/mol. The molecule has 0 atom stereocenters. The van der Waals surface area contributed by atoms with Crippen LogP contribution >= 0.6 is 0 Å². The number of rotatable bonds is 6. The molecular formula is C16H23NO4. The van der Waals surface area contributed by atoms with Crippen LogP contribution in [0.25, 0.3) is 0 Å². The van der Waals surface area contributed by atoms with Crippen LogP contribution in [0.1, 0.15) is 39.2 Å². The van der Waals surface area contributed by atoms with Gasteiger partial charge in [-0.1, -0.05) is 32.0 Å². The number of carbonyl (C=O) groups excluding carboxylic acids is 1. The van der Waals surface area contributed by atoms with E-state index in [1.165, 1.54) is 25.8 Å². The lowest BCUT2D eigenvalue weighted by molar-refractivity contribution is -0.156. The lowest BCUT2D eigenvalue weighted by atomic mass is 10.0. The fourth-order valence-electron chi connectivity index (χ4n) is 1.78. The van der Waals surface area contributed by atoms with Crippen molar-refractivity contribution in [2.24, 2.45) is 0 Å². The summed E-state index contributed by atoms with van der Waals surface area (Å²) in [6.07, 6.45) is 0. The molecule has 1 N–H and O–H groups in total. The Morgan fingerprint density at radius 1 is 1.29 bits per heavy atom. The zero-order valence-electron chi connectivity index (χ0n) is 13.2. The second-order valence-corrected chi connectivity index (χ2v) is 5.80. The number of likely N-dealkylation sites (N-methyl/N-ethyl adjacent to an activating group) is 1. The van der Waals surface area contributed by atoms with Crippen LogP contribution in [0.2, 0.25) is 0 Å². The number of carboxylic acids is 1. The van der Waals surface area contributed by atoms with Crippen LogP contribution in [0, 0.1) is 0 Å². The molecule has 1 aromatic carbocycles. The average Bonchev–Trinajstić information content (AvgIpc) is 2.43. The van der Waals surface area contributed by atoms with E-state index < -0.39 is 11.5 Å². The molecule has 0 aromatic heterocycles. The molecule has 5 heteroatoms. The smallest absolute Gasteiger partial charge is 0.329 e. The van der Waals surface area contributed by atoms with Gasteiger partial charge < -0.3 is 14.7 Å². The second kappa shape index (κ2) is 6.61. The summed E-state index contributed by atoms with van der Waals surface area (Å²) in [6.45, 7) is 6.87. The van der Waals surface area contributed by atoms with Crippen molar-refractivity contribution in [1.82, 2.24) is 4.90 Å². The largest absolute Gasteiger partial charge is 0.483 e. The molecule has 1 rings (SSSR count). The van der Waals surface area contributed by atoms with Crippen LogP contribution in [-0.4, -0.2) is 41.1 Å². The van der Waals surface area contributed by atoms with E-state index in [2.05, 4.69) is 0 Å². The maximum Gasteiger partial charge on any atom is 0.329 e. The summed E-state index contributed by atoms with van der Waals surface area (Å²) in [6, 6.07) is 7.53. The third kappa shape index (κ3) is 3.97. The number of ether oxygens (including phenoxy) is 1. The third-order valence-electron chi connectivity index (χ3n) is 3.63. The third-order valence-corrected chi connectivity index (χ3v) is 3.63. The Morgan fingerprint density at radius 2 is 1.86 bits per heavy atom. The first-order chi connectivity index (χ1) is 9.67. The Balaban J connectivity index is 2.76. The molecule has 0 aliphatic carbocycles. The summed E-state index contributed by atoms with van der Waals surface area (Å²) in [5.74, 6) is -0.492. The number of carbonyl (C=O) groups is 2. The predicted octanol–water partition coefficient (Wildman–Crippen LogP) is 2.51. The van der Waals surface area contributed by atoms with Crippen molar-refractivity contribution < 1.29 is 19.4 Å². The zero-order chi connectivity index (χ0) is 16.2. The van der Waals surface area contributed by atoms with Gasteiger partial charge in [-0.3, -0.25) is 4.79 Å². The maximum atomic E-state index is 12.1. The Bertz CT molecular complexity index is 523. The predicted molar refractivity (Wildman–Crippen MR) is 80.5 cm³/mol. The summed E-state index contributed by atoms with van der Waals surface area (Å²) < 4.78 is 5.57. The highest BCUT2D eigenvalue weighted by molar-refractivity contribution is 5.86. The van der Waals surface area contributed by atoms with Crippen molar-refractivity contribution >= 4 is 11.9 Å². The number of para-hydroxylation sites is 1. The highest BCUT2D eigenvalue weighted by atomic mass is 16.5. The van der Waals surface area contributed by atoms with Gasteiger partial charge in [0.1, 0.15) is 11.3 Å². The molecule has 116 valence electrons. The normalized spacial score (nSPS) is 11.3. The molecule has 0 radical (unpaired) electrons. The van der Waals surface area contributed by atoms with Crippen LogP contribution in [0.15, 0.2) is 24.3 Å². The van der Waals surface area contributed by atoms with Crippen molar-refractivity contribution in [1.29, 1.82) is 0 Å². The van der Waals surface area contributed by atoms with Gasteiger partial charge in [-0.15, -0.1) is 0 Å². The van der Waals surface area contributed by atoms with Gasteiger partial charge in [0.25, 0.3) is 5.91 Å². The number of benzene rings is 1. The van der Waals surface area contributed by atoms with Gasteiger partial charge in [0, 0.05) is 7.05 Å². The van der Waals surface area contributed by atoms with E-state index in [0.29, 0.717) is 5.75 Å². The Kier molecular flexibility index (Phi) is 5.35. The van der Waals surface area contributed by atoms with Gasteiger partial charge in [0.15, 0.2) is 6.61 Å². The summed E-state index contributed by atoms with van der Waals surface area (Å²) in [7, 11) is 1.47. The lowest BCUT2D eigenvalue weighted by Gasteiger charge is -2.31. The monoisotopic (exact) mass is 293 g/mol. The minimum absolute atomic E-state index is 0.184. The standard InChI is InChI=1S/C16H23NO4/c1-11(2)12-8-6-7-9-13(12)21-10-14(18)17(5)16(3,4)15(19)20/h6-9,11H,10H2,1-5H3,(H,19,20). The first-order valence-corrected chi connectivity index (χ1v) is 6.89. The molecule has 1 aromatic rings. The van der Waals surface area contributed by atoms with Crippen LogP contribution in [0.4, 0.5) is 0 Å². The molecule has 1 amide bonds. The second-order valence-electron chi connectivity index (χ2n) is 5.80.